The van der Waals surface area contributed by atoms with Crippen LogP contribution in [-0.2, 0) is 27.3 Å². The van der Waals surface area contributed by atoms with Gasteiger partial charge in [0, 0.05) is 24.7 Å². The third-order valence-corrected chi connectivity index (χ3v) is 6.56. The van der Waals surface area contributed by atoms with E-state index in [-0.39, 0.29) is 31.3 Å². The monoisotopic (exact) mass is 505 g/mol. The minimum absolute atomic E-state index is 0.244. The van der Waals surface area contributed by atoms with E-state index in [1.54, 1.807) is 30.3 Å². The van der Waals surface area contributed by atoms with Crippen LogP contribution in [0, 0.1) is 0 Å². The third-order valence-electron chi connectivity index (χ3n) is 6.56. The lowest BCUT2D eigenvalue weighted by molar-refractivity contribution is -0.141. The molecule has 1 saturated heterocycles. The molecule has 2 heterocycles. The highest BCUT2D eigenvalue weighted by atomic mass is 16.5. The number of nitrogen functional groups attached to an aromatic ring is 1. The second-order valence-electron chi connectivity index (χ2n) is 9.04. The van der Waals surface area contributed by atoms with Gasteiger partial charge in [-0.15, -0.1) is 0 Å². The minimum atomic E-state index is -1.06. The molecule has 2 atom stereocenters. The number of aromatic nitrogens is 1. The van der Waals surface area contributed by atoms with Gasteiger partial charge in [-0.05, 0) is 60.0 Å². The summed E-state index contributed by atoms with van der Waals surface area (Å²) in [5.74, 6) is -0.484. The number of ether oxygens (including phenoxy) is 1. The number of carbonyl (C=O) groups excluding carboxylic acids is 2. The van der Waals surface area contributed by atoms with Crippen LogP contribution >= 0.6 is 0 Å². The van der Waals surface area contributed by atoms with Crippen LogP contribution in [0.1, 0.15) is 24.0 Å². The fourth-order valence-corrected chi connectivity index (χ4v) is 4.61. The highest BCUT2D eigenvalue weighted by Crippen LogP contribution is 2.22. The van der Waals surface area contributed by atoms with Crippen molar-refractivity contribution in [3.05, 3.63) is 65.9 Å². The molecule has 1 unspecified atom stereocenters. The van der Waals surface area contributed by atoms with E-state index in [9.17, 15) is 14.4 Å². The summed E-state index contributed by atoms with van der Waals surface area (Å²) in [6.45, 7) is 0.356. The highest BCUT2D eigenvalue weighted by molar-refractivity contribution is 5.92. The normalized spacial score (nSPS) is 15.9. The molecule has 1 fully saturated rings. The van der Waals surface area contributed by atoms with Gasteiger partial charge >= 0.3 is 5.97 Å². The van der Waals surface area contributed by atoms with Crippen LogP contribution in [0.15, 0.2) is 54.7 Å². The van der Waals surface area contributed by atoms with Crippen LogP contribution in [0.4, 0.5) is 5.82 Å². The number of aliphatic carboxylic acids is 1. The number of hydrogen-bond donors (Lipinski definition) is 4. The van der Waals surface area contributed by atoms with Crippen molar-refractivity contribution in [2.45, 2.75) is 37.9 Å². The van der Waals surface area contributed by atoms with Gasteiger partial charge in [-0.2, -0.15) is 0 Å². The molecule has 10 nitrogen and oxygen atoms in total. The van der Waals surface area contributed by atoms with Crippen LogP contribution in [0.25, 0.3) is 10.8 Å². The van der Waals surface area contributed by atoms with Gasteiger partial charge in [0.1, 0.15) is 17.6 Å². The molecular formula is C27H31N5O5. The lowest BCUT2D eigenvalue weighted by Crippen LogP contribution is -2.53. The summed E-state index contributed by atoms with van der Waals surface area (Å²) in [4.78, 5) is 43.5. The Kier molecular flexibility index (Phi) is 8.19. The van der Waals surface area contributed by atoms with E-state index in [2.05, 4.69) is 15.6 Å². The van der Waals surface area contributed by atoms with E-state index >= 15 is 0 Å². The number of likely N-dealkylation sites (tertiary alicyclic amines) is 1. The fraction of sp³-hybridized carbons (Fsp3) is 0.333. The van der Waals surface area contributed by atoms with Gasteiger partial charge in [0.15, 0.2) is 0 Å². The Hall–Kier alpha value is -4.18. The number of benzene rings is 2. The molecule has 2 aromatic carbocycles. The molecule has 1 aliphatic rings. The zero-order chi connectivity index (χ0) is 26.4. The Morgan fingerprint density at radius 1 is 1.16 bits per heavy atom. The lowest BCUT2D eigenvalue weighted by atomic mass is 10.0. The maximum atomic E-state index is 13.5. The smallest absolute Gasteiger partial charge is 0.317 e. The maximum Gasteiger partial charge on any atom is 0.317 e. The van der Waals surface area contributed by atoms with Crippen molar-refractivity contribution < 1.29 is 24.2 Å². The molecule has 10 heteroatoms. The number of carbonyl (C=O) groups is 3. The molecule has 1 aliphatic heterocycles. The number of anilines is 1. The minimum Gasteiger partial charge on any atom is -0.497 e. The number of carboxylic acid groups (broad SMARTS) is 1. The Bertz CT molecular complexity index is 1280. The van der Waals surface area contributed by atoms with E-state index < -0.39 is 18.1 Å². The van der Waals surface area contributed by atoms with E-state index in [1.807, 2.05) is 36.4 Å². The quantitative estimate of drug-likeness (QED) is 0.326. The van der Waals surface area contributed by atoms with Gasteiger partial charge in [-0.25, -0.2) is 4.98 Å². The largest absolute Gasteiger partial charge is 0.497 e. The maximum absolute atomic E-state index is 13.5. The summed E-state index contributed by atoms with van der Waals surface area (Å²) in [6.07, 6.45) is 3.17. The summed E-state index contributed by atoms with van der Waals surface area (Å²) in [6, 6.07) is 13.5. The molecule has 37 heavy (non-hydrogen) atoms. The van der Waals surface area contributed by atoms with Gasteiger partial charge in [0.25, 0.3) is 0 Å². The first-order valence-electron chi connectivity index (χ1n) is 12.1. The topological polar surface area (TPSA) is 147 Å². The zero-order valence-electron chi connectivity index (χ0n) is 20.6. The molecule has 5 N–H and O–H groups in total. The number of rotatable bonds is 10. The number of nitrogens with zero attached hydrogens (tertiary/aromatic N) is 2. The molecule has 3 aromatic rings. The molecular weight excluding hydrogens is 474 g/mol. The van der Waals surface area contributed by atoms with E-state index in [0.29, 0.717) is 31.0 Å². The third kappa shape index (κ3) is 6.34. The molecule has 1 aromatic heterocycles. The predicted molar refractivity (Wildman–Crippen MR) is 139 cm³/mol. The molecule has 0 bridgehead atoms. The van der Waals surface area contributed by atoms with Crippen LogP contribution in [0.2, 0.25) is 0 Å². The van der Waals surface area contributed by atoms with Crippen molar-refractivity contribution in [1.29, 1.82) is 0 Å². The SMILES string of the molecule is COc1ccc(CC(NCC(=O)O)C(=O)N2CCC[C@H]2C(=O)NCc2ccc3ccnc(N)c3c2)cc1. The van der Waals surface area contributed by atoms with Crippen LogP contribution in [0.3, 0.4) is 0 Å². The summed E-state index contributed by atoms with van der Waals surface area (Å²) >= 11 is 0. The zero-order valence-corrected chi connectivity index (χ0v) is 20.6. The van der Waals surface area contributed by atoms with Gasteiger partial charge in [-0.1, -0.05) is 24.3 Å². The highest BCUT2D eigenvalue weighted by Gasteiger charge is 2.37. The van der Waals surface area contributed by atoms with Crippen molar-refractivity contribution >= 4 is 34.4 Å². The first-order chi connectivity index (χ1) is 17.9. The number of nitrogens with two attached hydrogens (primary N) is 1. The average molecular weight is 506 g/mol. The van der Waals surface area contributed by atoms with E-state index in [1.165, 1.54) is 0 Å². The lowest BCUT2D eigenvalue weighted by Gasteiger charge is -2.28. The average Bonchev–Trinajstić information content (AvgIpc) is 3.40. The van der Waals surface area contributed by atoms with Crippen molar-refractivity contribution in [2.75, 3.05) is 25.9 Å². The molecule has 194 valence electrons. The van der Waals surface area contributed by atoms with Crippen molar-refractivity contribution in [1.82, 2.24) is 20.5 Å². The summed E-state index contributed by atoms with van der Waals surface area (Å²) in [7, 11) is 1.57. The number of nitrogens with one attached hydrogen (secondary N) is 2. The molecule has 0 saturated carbocycles. The Balaban J connectivity index is 1.43. The fourth-order valence-electron chi connectivity index (χ4n) is 4.61. The van der Waals surface area contributed by atoms with Gasteiger partial charge in [0.2, 0.25) is 11.8 Å². The molecule has 0 spiro atoms. The number of hydrogen-bond acceptors (Lipinski definition) is 7. The molecule has 4 rings (SSSR count). The van der Waals surface area contributed by atoms with Gasteiger partial charge in [0.05, 0.1) is 19.7 Å². The van der Waals surface area contributed by atoms with Crippen molar-refractivity contribution in [3.63, 3.8) is 0 Å². The van der Waals surface area contributed by atoms with Crippen molar-refractivity contribution in [3.8, 4) is 5.75 Å². The van der Waals surface area contributed by atoms with Gasteiger partial charge < -0.3 is 25.8 Å². The van der Waals surface area contributed by atoms with E-state index in [0.717, 1.165) is 21.9 Å². The van der Waals surface area contributed by atoms with E-state index in [4.69, 9.17) is 15.6 Å². The second kappa shape index (κ2) is 11.7. The first-order valence-corrected chi connectivity index (χ1v) is 12.1. The number of carboxylic acids is 1. The van der Waals surface area contributed by atoms with Crippen LogP contribution in [0.5, 0.6) is 5.75 Å². The Morgan fingerprint density at radius 3 is 2.65 bits per heavy atom. The first kappa shape index (κ1) is 25.9. The van der Waals surface area contributed by atoms with Gasteiger partial charge in [-0.3, -0.25) is 19.7 Å². The number of methoxy groups -OCH3 is 1. The van der Waals surface area contributed by atoms with Crippen LogP contribution < -0.4 is 21.1 Å². The van der Waals surface area contributed by atoms with Crippen LogP contribution in [-0.4, -0.2) is 65.1 Å². The summed E-state index contributed by atoms with van der Waals surface area (Å²) in [5, 5.41) is 16.7. The second-order valence-corrected chi connectivity index (χ2v) is 9.04. The molecule has 0 radical (unpaired) electrons. The number of pyridine rings is 1. The number of amides is 2. The number of fused-ring (bicyclic) bond motifs is 1. The molecule has 0 aliphatic carbocycles. The van der Waals surface area contributed by atoms with Crippen molar-refractivity contribution in [2.24, 2.45) is 0 Å². The Morgan fingerprint density at radius 2 is 1.92 bits per heavy atom. The summed E-state index contributed by atoms with van der Waals surface area (Å²) in [5.41, 5.74) is 7.70. The Labute approximate surface area is 214 Å². The predicted octanol–water partition coefficient (Wildman–Crippen LogP) is 1.72. The summed E-state index contributed by atoms with van der Waals surface area (Å²) < 4.78 is 5.18. The molecule has 2 amide bonds. The standard InChI is InChI=1S/C27H31N5O5/c1-37-20-8-5-17(6-9-20)14-22(30-16-24(33)34)27(36)32-12-2-3-23(32)26(35)31-15-18-4-7-19-10-11-29-25(28)21(19)13-18/h4-11,13,22-23,30H,2-3,12,14-16H2,1H3,(H2,28,29)(H,31,35)(H,33,34)/t22?,23-/m0/s1.